The quantitative estimate of drug-likeness (QED) is 0.690. The summed E-state index contributed by atoms with van der Waals surface area (Å²) in [6.45, 7) is -0.416. The molecule has 0 N–H and O–H groups in total. The molecule has 2 heterocycles. The maximum absolute atomic E-state index is 13.4. The number of carbonyl (C=O) groups excluding carboxylic acids is 1. The van der Waals surface area contributed by atoms with E-state index in [1.54, 1.807) is 12.1 Å². The minimum atomic E-state index is -1.16. The van der Waals surface area contributed by atoms with Gasteiger partial charge < -0.3 is 13.6 Å². The van der Waals surface area contributed by atoms with E-state index in [0.29, 0.717) is 5.76 Å². The van der Waals surface area contributed by atoms with Gasteiger partial charge in [0.05, 0.1) is 6.26 Å². The van der Waals surface area contributed by atoms with Gasteiger partial charge >= 0.3 is 5.97 Å². The van der Waals surface area contributed by atoms with Crippen LogP contribution in [0.25, 0.3) is 11.7 Å². The monoisotopic (exact) mass is 306 g/mol. The van der Waals surface area contributed by atoms with Crippen molar-refractivity contribution in [1.82, 2.24) is 10.2 Å². The lowest BCUT2D eigenvalue weighted by molar-refractivity contribution is 0.0427. The van der Waals surface area contributed by atoms with E-state index in [1.807, 2.05) is 0 Å². The average Bonchev–Trinajstić information content (AvgIpc) is 3.16. The van der Waals surface area contributed by atoms with Crippen LogP contribution < -0.4 is 0 Å². The summed E-state index contributed by atoms with van der Waals surface area (Å²) in [6.07, 6.45) is 1.43. The van der Waals surface area contributed by atoms with Crippen LogP contribution in [0.4, 0.5) is 8.78 Å². The van der Waals surface area contributed by atoms with Crippen molar-refractivity contribution in [1.29, 1.82) is 0 Å². The molecule has 3 rings (SSSR count). The van der Waals surface area contributed by atoms with Gasteiger partial charge in [0.15, 0.2) is 12.4 Å². The summed E-state index contributed by atoms with van der Waals surface area (Å²) in [7, 11) is 0. The standard InChI is InChI=1S/C14H8F2N2O4/c15-8-3-1-4-9(16)12(8)14(19)21-7-11-17-18-13(22-11)10-5-2-6-20-10/h1-6H,7H2. The molecule has 0 aliphatic heterocycles. The number of nitrogens with zero attached hydrogens (tertiary/aromatic N) is 2. The Bertz CT molecular complexity index is 779. The zero-order valence-corrected chi connectivity index (χ0v) is 11.0. The van der Waals surface area contributed by atoms with Crippen LogP contribution in [0, 0.1) is 11.6 Å². The predicted molar refractivity (Wildman–Crippen MR) is 67.5 cm³/mol. The van der Waals surface area contributed by atoms with Crippen molar-refractivity contribution in [3.05, 3.63) is 59.7 Å². The summed E-state index contributed by atoms with van der Waals surface area (Å²) >= 11 is 0. The van der Waals surface area contributed by atoms with Gasteiger partial charge in [-0.3, -0.25) is 0 Å². The molecule has 0 unspecified atom stereocenters. The number of aromatic nitrogens is 2. The molecule has 0 aliphatic rings. The minimum absolute atomic E-state index is 0.0310. The fraction of sp³-hybridized carbons (Fsp3) is 0.0714. The lowest BCUT2D eigenvalue weighted by Crippen LogP contribution is -2.10. The summed E-state index contributed by atoms with van der Waals surface area (Å²) in [5.74, 6) is -2.75. The molecular formula is C14H8F2N2O4. The molecule has 6 nitrogen and oxygen atoms in total. The van der Waals surface area contributed by atoms with Crippen molar-refractivity contribution in [2.75, 3.05) is 0 Å². The SMILES string of the molecule is O=C(OCc1nnc(-c2ccco2)o1)c1c(F)cccc1F. The van der Waals surface area contributed by atoms with Crippen molar-refractivity contribution in [3.8, 4) is 11.7 Å². The molecule has 0 bridgehead atoms. The van der Waals surface area contributed by atoms with E-state index in [0.717, 1.165) is 18.2 Å². The topological polar surface area (TPSA) is 78.4 Å². The maximum Gasteiger partial charge on any atom is 0.344 e. The van der Waals surface area contributed by atoms with Gasteiger partial charge in [-0.25, -0.2) is 13.6 Å². The van der Waals surface area contributed by atoms with Crippen molar-refractivity contribution >= 4 is 5.97 Å². The zero-order valence-electron chi connectivity index (χ0n) is 11.0. The van der Waals surface area contributed by atoms with E-state index in [1.165, 1.54) is 6.26 Å². The van der Waals surface area contributed by atoms with Crippen molar-refractivity contribution in [2.24, 2.45) is 0 Å². The van der Waals surface area contributed by atoms with Crippen LogP contribution in [0.2, 0.25) is 0 Å². The number of hydrogen-bond donors (Lipinski definition) is 0. The highest BCUT2D eigenvalue weighted by atomic mass is 19.1. The largest absolute Gasteiger partial charge is 0.459 e. The second kappa shape index (κ2) is 5.76. The van der Waals surface area contributed by atoms with Gasteiger partial charge in [-0.05, 0) is 24.3 Å². The molecule has 0 spiro atoms. The van der Waals surface area contributed by atoms with Crippen molar-refractivity contribution in [3.63, 3.8) is 0 Å². The summed E-state index contributed by atoms with van der Waals surface area (Å²) in [5.41, 5.74) is -0.770. The van der Waals surface area contributed by atoms with Crippen LogP contribution in [0.15, 0.2) is 45.4 Å². The summed E-state index contributed by atoms with van der Waals surface area (Å²) < 4.78 is 41.8. The molecule has 112 valence electrons. The molecule has 8 heteroatoms. The molecule has 0 fully saturated rings. The van der Waals surface area contributed by atoms with Crippen LogP contribution in [-0.4, -0.2) is 16.2 Å². The number of benzene rings is 1. The van der Waals surface area contributed by atoms with Gasteiger partial charge in [0.2, 0.25) is 0 Å². The van der Waals surface area contributed by atoms with Crippen molar-refractivity contribution in [2.45, 2.75) is 6.61 Å². The maximum atomic E-state index is 13.4. The Labute approximate surface area is 122 Å². The van der Waals surface area contributed by atoms with Gasteiger partial charge in [0, 0.05) is 0 Å². The average molecular weight is 306 g/mol. The third-order valence-electron chi connectivity index (χ3n) is 2.69. The number of esters is 1. The highest BCUT2D eigenvalue weighted by Crippen LogP contribution is 2.19. The van der Waals surface area contributed by atoms with Crippen molar-refractivity contribution < 1.29 is 27.1 Å². The first-order chi connectivity index (χ1) is 10.6. The van der Waals surface area contributed by atoms with Crippen LogP contribution in [-0.2, 0) is 11.3 Å². The smallest absolute Gasteiger partial charge is 0.344 e. The van der Waals surface area contributed by atoms with Gasteiger partial charge in [-0.15, -0.1) is 10.2 Å². The van der Waals surface area contributed by atoms with E-state index < -0.39 is 29.8 Å². The van der Waals surface area contributed by atoms with Gasteiger partial charge in [-0.2, -0.15) is 0 Å². The fourth-order valence-electron chi connectivity index (χ4n) is 1.70. The summed E-state index contributed by atoms with van der Waals surface area (Å²) in [6, 6.07) is 6.32. The number of halogens is 2. The molecule has 2 aromatic heterocycles. The van der Waals surface area contributed by atoms with Crippen LogP contribution >= 0.6 is 0 Å². The number of hydrogen-bond acceptors (Lipinski definition) is 6. The van der Waals surface area contributed by atoms with E-state index in [2.05, 4.69) is 10.2 Å². The van der Waals surface area contributed by atoms with E-state index in [-0.39, 0.29) is 11.8 Å². The first-order valence-corrected chi connectivity index (χ1v) is 6.12. The normalized spacial score (nSPS) is 10.6. The highest BCUT2D eigenvalue weighted by molar-refractivity contribution is 5.89. The van der Waals surface area contributed by atoms with Crippen LogP contribution in [0.3, 0.4) is 0 Å². The van der Waals surface area contributed by atoms with E-state index in [4.69, 9.17) is 13.6 Å². The number of ether oxygens (including phenoxy) is 1. The van der Waals surface area contributed by atoms with Gasteiger partial charge in [-0.1, -0.05) is 6.07 Å². The first kappa shape index (κ1) is 13.9. The van der Waals surface area contributed by atoms with E-state index in [9.17, 15) is 13.6 Å². The Morgan fingerprint density at radius 2 is 1.91 bits per heavy atom. The summed E-state index contributed by atoms with van der Waals surface area (Å²) in [5, 5.41) is 7.34. The number of rotatable bonds is 4. The van der Waals surface area contributed by atoms with E-state index >= 15 is 0 Å². The Morgan fingerprint density at radius 3 is 2.59 bits per heavy atom. The molecule has 0 aliphatic carbocycles. The van der Waals surface area contributed by atoms with Gasteiger partial charge in [0.25, 0.3) is 11.8 Å². The lowest BCUT2D eigenvalue weighted by atomic mass is 10.2. The van der Waals surface area contributed by atoms with Crippen LogP contribution in [0.1, 0.15) is 16.2 Å². The Hall–Kier alpha value is -3.03. The number of furan rings is 1. The van der Waals surface area contributed by atoms with Gasteiger partial charge in [0.1, 0.15) is 17.2 Å². The third-order valence-corrected chi connectivity index (χ3v) is 2.69. The minimum Gasteiger partial charge on any atom is -0.459 e. The Morgan fingerprint density at radius 1 is 1.14 bits per heavy atom. The molecule has 0 saturated carbocycles. The Kier molecular flexibility index (Phi) is 3.65. The highest BCUT2D eigenvalue weighted by Gasteiger charge is 2.20. The molecule has 0 radical (unpaired) electrons. The predicted octanol–water partition coefficient (Wildman–Crippen LogP) is 2.96. The molecule has 0 atom stereocenters. The lowest BCUT2D eigenvalue weighted by Gasteiger charge is -2.04. The zero-order chi connectivity index (χ0) is 15.5. The molecule has 0 saturated heterocycles. The molecular weight excluding hydrogens is 298 g/mol. The fourth-order valence-corrected chi connectivity index (χ4v) is 1.70. The summed E-state index contributed by atoms with van der Waals surface area (Å²) in [4.78, 5) is 11.7. The Balaban J connectivity index is 1.69. The molecule has 3 aromatic rings. The second-order valence-corrected chi connectivity index (χ2v) is 4.15. The number of carbonyl (C=O) groups is 1. The molecule has 22 heavy (non-hydrogen) atoms. The first-order valence-electron chi connectivity index (χ1n) is 6.12. The molecule has 1 aromatic carbocycles. The van der Waals surface area contributed by atoms with Crippen LogP contribution in [0.5, 0.6) is 0 Å². The third kappa shape index (κ3) is 2.71. The second-order valence-electron chi connectivity index (χ2n) is 4.15. The molecule has 0 amide bonds.